The van der Waals surface area contributed by atoms with Crippen LogP contribution in [0.5, 0.6) is 0 Å². The summed E-state index contributed by atoms with van der Waals surface area (Å²) in [6, 6.07) is -0.618. The van der Waals surface area contributed by atoms with Crippen LogP contribution in [0.15, 0.2) is 48.6 Å². The fourth-order valence-electron chi connectivity index (χ4n) is 6.55. The van der Waals surface area contributed by atoms with Gasteiger partial charge in [-0.15, -0.1) is 0 Å². The first-order valence-corrected chi connectivity index (χ1v) is 23.2. The van der Waals surface area contributed by atoms with Crippen molar-refractivity contribution in [3.05, 3.63) is 48.6 Å². The number of allylic oxidation sites excluding steroid dienone is 8. The van der Waals surface area contributed by atoms with Crippen molar-refractivity contribution in [3.63, 3.8) is 0 Å². The number of carboxylic acid groups (broad SMARTS) is 1. The zero-order valence-electron chi connectivity index (χ0n) is 37.5. The monoisotopic (exact) mass is 803 g/mol. The summed E-state index contributed by atoms with van der Waals surface area (Å²) in [6.45, 7) is 4.66. The summed E-state index contributed by atoms with van der Waals surface area (Å²) in [5.41, 5.74) is 0. The molecule has 0 bridgehead atoms. The minimum atomic E-state index is -0.878. The van der Waals surface area contributed by atoms with Gasteiger partial charge in [0.2, 0.25) is 0 Å². The average molecular weight is 803 g/mol. The minimum Gasteiger partial charge on any atom is -0.477 e. The van der Waals surface area contributed by atoms with Crippen molar-refractivity contribution in [2.45, 2.75) is 206 Å². The highest BCUT2D eigenvalue weighted by molar-refractivity contribution is 5.72. The second-order valence-electron chi connectivity index (χ2n) is 16.7. The van der Waals surface area contributed by atoms with Crippen LogP contribution >= 0.6 is 0 Å². The van der Waals surface area contributed by atoms with Gasteiger partial charge in [0, 0.05) is 19.3 Å². The van der Waals surface area contributed by atoms with E-state index in [0.717, 1.165) is 70.6 Å². The third-order valence-electron chi connectivity index (χ3n) is 10.2. The van der Waals surface area contributed by atoms with Crippen LogP contribution in [0.1, 0.15) is 194 Å². The van der Waals surface area contributed by atoms with Gasteiger partial charge in [-0.25, -0.2) is 4.79 Å². The Morgan fingerprint density at radius 3 is 1.40 bits per heavy atom. The lowest BCUT2D eigenvalue weighted by Gasteiger charge is -2.31. The maximum Gasteiger partial charge on any atom is 0.362 e. The van der Waals surface area contributed by atoms with Crippen LogP contribution in [0.4, 0.5) is 0 Å². The summed E-state index contributed by atoms with van der Waals surface area (Å²) in [5.74, 6) is -1.49. The molecule has 0 saturated heterocycles. The van der Waals surface area contributed by atoms with Gasteiger partial charge in [-0.1, -0.05) is 152 Å². The Morgan fingerprint density at radius 1 is 0.526 bits per heavy atom. The van der Waals surface area contributed by atoms with Gasteiger partial charge in [0.25, 0.3) is 0 Å². The van der Waals surface area contributed by atoms with Crippen LogP contribution in [0.3, 0.4) is 0 Å². The molecule has 0 aliphatic rings. The van der Waals surface area contributed by atoms with Gasteiger partial charge in [0.1, 0.15) is 6.61 Å². The number of hydrogen-bond donors (Lipinski definition) is 1. The van der Waals surface area contributed by atoms with Crippen LogP contribution in [0, 0.1) is 0 Å². The number of nitrogens with zero attached hydrogens (tertiary/aromatic N) is 1. The Bertz CT molecular complexity index is 1070. The van der Waals surface area contributed by atoms with E-state index in [-0.39, 0.29) is 36.2 Å². The number of quaternary nitrogens is 1. The highest BCUT2D eigenvalue weighted by atomic mass is 16.6. The van der Waals surface area contributed by atoms with Crippen molar-refractivity contribution in [2.24, 2.45) is 0 Å². The van der Waals surface area contributed by atoms with Crippen LogP contribution in [0.25, 0.3) is 0 Å². The molecule has 0 saturated carbocycles. The molecule has 0 fully saturated rings. The van der Waals surface area contributed by atoms with Crippen molar-refractivity contribution in [1.29, 1.82) is 0 Å². The van der Waals surface area contributed by atoms with E-state index in [2.05, 4.69) is 62.5 Å². The van der Waals surface area contributed by atoms with Crippen molar-refractivity contribution in [1.82, 2.24) is 0 Å². The zero-order valence-corrected chi connectivity index (χ0v) is 37.5. The maximum atomic E-state index is 12.7. The molecule has 0 aliphatic carbocycles. The fraction of sp³-hybridized carbons (Fsp3) is 0.776. The van der Waals surface area contributed by atoms with Gasteiger partial charge >= 0.3 is 17.9 Å². The lowest BCUT2D eigenvalue weighted by Crippen LogP contribution is -2.50. The molecule has 8 heteroatoms. The molecule has 57 heavy (non-hydrogen) atoms. The molecule has 330 valence electrons. The van der Waals surface area contributed by atoms with E-state index in [0.29, 0.717) is 19.3 Å². The third kappa shape index (κ3) is 38.6. The third-order valence-corrected chi connectivity index (χ3v) is 10.2. The Kier molecular flexibility index (Phi) is 38.2. The molecule has 0 heterocycles. The molecule has 0 radical (unpaired) electrons. The molecular formula is C49H88NO7+. The summed E-state index contributed by atoms with van der Waals surface area (Å²) in [6.07, 6.45) is 47.2. The van der Waals surface area contributed by atoms with E-state index >= 15 is 0 Å². The number of unbranched alkanes of at least 4 members (excludes halogenated alkanes) is 19. The molecule has 0 aromatic rings. The second-order valence-corrected chi connectivity index (χ2v) is 16.7. The summed E-state index contributed by atoms with van der Waals surface area (Å²) >= 11 is 0. The van der Waals surface area contributed by atoms with Crippen LogP contribution in [-0.4, -0.2) is 80.6 Å². The number of carbonyl (C=O) groups excluding carboxylic acids is 2. The smallest absolute Gasteiger partial charge is 0.362 e. The van der Waals surface area contributed by atoms with Crippen LogP contribution in [-0.2, 0) is 28.6 Å². The van der Waals surface area contributed by atoms with Gasteiger partial charge in [-0.3, -0.25) is 9.59 Å². The topological polar surface area (TPSA) is 99.1 Å². The molecule has 0 aromatic heterocycles. The molecule has 0 aromatic carbocycles. The predicted octanol–water partition coefficient (Wildman–Crippen LogP) is 12.8. The van der Waals surface area contributed by atoms with Crippen LogP contribution < -0.4 is 0 Å². The van der Waals surface area contributed by atoms with E-state index in [1.807, 2.05) is 21.1 Å². The van der Waals surface area contributed by atoms with Gasteiger partial charge < -0.3 is 23.8 Å². The molecular weight excluding hydrogens is 715 g/mol. The highest BCUT2D eigenvalue weighted by Gasteiger charge is 2.31. The summed E-state index contributed by atoms with van der Waals surface area (Å²) in [7, 11) is 5.52. The Balaban J connectivity index is 4.33. The van der Waals surface area contributed by atoms with Crippen molar-refractivity contribution in [2.75, 3.05) is 41.0 Å². The number of hydrogen-bond acceptors (Lipinski definition) is 6. The minimum absolute atomic E-state index is 0.0545. The molecule has 1 N–H and O–H groups in total. The summed E-state index contributed by atoms with van der Waals surface area (Å²) in [5, 5.41) is 9.63. The molecule has 0 spiro atoms. The van der Waals surface area contributed by atoms with Crippen molar-refractivity contribution < 1.29 is 38.2 Å². The average Bonchev–Trinajstić information content (AvgIpc) is 3.17. The standard InChI is InChI=1S/C49H87NO7/c1-6-8-10-12-14-16-18-20-22-23-24-25-26-28-30-32-34-36-38-40-48(52)57-45(43-55-42-41-46(49(53)54)50(3,4)5)44-56-47(51)39-37-35-33-31-29-27-21-19-17-15-13-11-9-7-2/h13-16,19-22,45-46H,6-12,17-18,23-44H2,1-5H3/p+1/b15-13-,16-14-,21-19-,22-20-. The van der Waals surface area contributed by atoms with Gasteiger partial charge in [0.05, 0.1) is 34.4 Å². The molecule has 0 rings (SSSR count). The number of rotatable bonds is 41. The molecule has 2 atom stereocenters. The first kappa shape index (κ1) is 54.3. The van der Waals surface area contributed by atoms with Crippen LogP contribution in [0.2, 0.25) is 0 Å². The van der Waals surface area contributed by atoms with E-state index in [4.69, 9.17) is 14.2 Å². The first-order chi connectivity index (χ1) is 27.6. The summed E-state index contributed by atoms with van der Waals surface area (Å²) in [4.78, 5) is 37.0. The molecule has 2 unspecified atom stereocenters. The van der Waals surface area contributed by atoms with Gasteiger partial charge in [0.15, 0.2) is 12.1 Å². The number of carbonyl (C=O) groups is 3. The van der Waals surface area contributed by atoms with Gasteiger partial charge in [-0.05, 0) is 70.6 Å². The first-order valence-electron chi connectivity index (χ1n) is 23.2. The maximum absolute atomic E-state index is 12.7. The number of esters is 2. The number of aliphatic carboxylic acids is 1. The lowest BCUT2D eigenvalue weighted by atomic mass is 10.1. The Morgan fingerprint density at radius 2 is 0.947 bits per heavy atom. The second kappa shape index (κ2) is 40.1. The van der Waals surface area contributed by atoms with E-state index in [9.17, 15) is 19.5 Å². The fourth-order valence-corrected chi connectivity index (χ4v) is 6.55. The Hall–Kier alpha value is -2.71. The van der Waals surface area contributed by atoms with E-state index in [1.165, 1.54) is 89.9 Å². The zero-order chi connectivity index (χ0) is 42.1. The number of carboxylic acids is 1. The molecule has 8 nitrogen and oxygen atoms in total. The largest absolute Gasteiger partial charge is 0.477 e. The van der Waals surface area contributed by atoms with Gasteiger partial charge in [-0.2, -0.15) is 0 Å². The van der Waals surface area contributed by atoms with Crippen molar-refractivity contribution in [3.8, 4) is 0 Å². The lowest BCUT2D eigenvalue weighted by molar-refractivity contribution is -0.887. The number of ether oxygens (including phenoxy) is 3. The quantitative estimate of drug-likeness (QED) is 0.0284. The molecule has 0 amide bonds. The Labute approximate surface area is 350 Å². The summed E-state index contributed by atoms with van der Waals surface area (Å²) < 4.78 is 17.3. The SMILES string of the molecule is CCCC/C=C\C/C=C\CCCCCCCC(=O)OCC(COCCC(C(=O)O)[N+](C)(C)C)OC(=O)CCCCCCCCCCC/C=C\C/C=C\CCCCC. The normalized spacial score (nSPS) is 13.4. The van der Waals surface area contributed by atoms with Crippen molar-refractivity contribution >= 4 is 17.9 Å². The number of likely N-dealkylation sites (N-methyl/N-ethyl adjacent to an activating group) is 1. The van der Waals surface area contributed by atoms with E-state index in [1.54, 1.807) is 0 Å². The van der Waals surface area contributed by atoms with E-state index < -0.39 is 18.1 Å². The predicted molar refractivity (Wildman–Crippen MR) is 238 cm³/mol. The highest BCUT2D eigenvalue weighted by Crippen LogP contribution is 2.14. The molecule has 0 aliphatic heterocycles.